The molecule has 2 rings (SSSR count). The number of rotatable bonds is 4. The van der Waals surface area contributed by atoms with Crippen LogP contribution in [0.2, 0.25) is 0 Å². The summed E-state index contributed by atoms with van der Waals surface area (Å²) in [6.45, 7) is 5.25. The van der Waals surface area contributed by atoms with Gasteiger partial charge < -0.3 is 9.84 Å². The van der Waals surface area contributed by atoms with Crippen molar-refractivity contribution in [3.8, 4) is 0 Å². The van der Waals surface area contributed by atoms with Crippen molar-refractivity contribution in [1.29, 1.82) is 0 Å². The minimum absolute atomic E-state index is 0.215. The van der Waals surface area contributed by atoms with Crippen molar-refractivity contribution in [3.05, 3.63) is 48.0 Å². The zero-order valence-electron chi connectivity index (χ0n) is 14.4. The zero-order valence-corrected chi connectivity index (χ0v) is 14.4. The van der Waals surface area contributed by atoms with E-state index in [2.05, 4.69) is 0 Å². The molecule has 1 atom stereocenters. The Hall–Kier alpha value is -2.56. The molecule has 2 aromatic carbocycles. The van der Waals surface area contributed by atoms with Gasteiger partial charge >= 0.3 is 12.1 Å². The van der Waals surface area contributed by atoms with Gasteiger partial charge in [0, 0.05) is 13.5 Å². The molecular formula is C19H23NO4. The lowest BCUT2D eigenvalue weighted by molar-refractivity contribution is -0.142. The summed E-state index contributed by atoms with van der Waals surface area (Å²) in [5.74, 6) is -1.06. The molecule has 0 radical (unpaired) electrons. The quantitative estimate of drug-likeness (QED) is 0.929. The van der Waals surface area contributed by atoms with E-state index in [0.717, 1.165) is 21.2 Å². The smallest absolute Gasteiger partial charge is 0.410 e. The number of carbonyl (C=O) groups excluding carboxylic acids is 1. The number of ether oxygens (including phenoxy) is 1. The summed E-state index contributed by atoms with van der Waals surface area (Å²) in [6, 6.07) is 12.6. The summed E-state index contributed by atoms with van der Waals surface area (Å²) in [5, 5.41) is 11.6. The number of carbonyl (C=O) groups is 2. The molecule has 0 aliphatic rings. The number of aliphatic carboxylic acids is 1. The molecule has 5 heteroatoms. The van der Waals surface area contributed by atoms with E-state index in [1.54, 1.807) is 20.8 Å². The molecule has 24 heavy (non-hydrogen) atoms. The van der Waals surface area contributed by atoms with E-state index in [4.69, 9.17) is 4.74 Å². The number of carboxylic acids is 1. The van der Waals surface area contributed by atoms with E-state index in [0.29, 0.717) is 0 Å². The molecule has 0 bridgehead atoms. The van der Waals surface area contributed by atoms with Gasteiger partial charge in [-0.15, -0.1) is 0 Å². The fourth-order valence-electron chi connectivity index (χ4n) is 2.53. The van der Waals surface area contributed by atoms with Crippen LogP contribution in [0, 0.1) is 0 Å². The van der Waals surface area contributed by atoms with E-state index in [-0.39, 0.29) is 6.42 Å². The first kappa shape index (κ1) is 17.8. The standard InChI is InChI=1S/C19H23NO4/c1-19(2,3)24-18(23)20(4)16(17(21)22)12-14-10-7-9-13-8-5-6-11-15(13)14/h5-11,16H,12H2,1-4H3,(H,21,22)/t16-/m0/s1. The lowest BCUT2D eigenvalue weighted by Crippen LogP contribution is -2.46. The maximum atomic E-state index is 12.2. The molecule has 0 fully saturated rings. The Morgan fingerprint density at radius 2 is 1.75 bits per heavy atom. The minimum atomic E-state index is -1.06. The average Bonchev–Trinajstić information content (AvgIpc) is 2.50. The Morgan fingerprint density at radius 1 is 1.12 bits per heavy atom. The van der Waals surface area contributed by atoms with Crippen molar-refractivity contribution in [2.24, 2.45) is 0 Å². The van der Waals surface area contributed by atoms with Crippen molar-refractivity contribution < 1.29 is 19.4 Å². The fraction of sp³-hybridized carbons (Fsp3) is 0.368. The molecular weight excluding hydrogens is 306 g/mol. The van der Waals surface area contributed by atoms with Gasteiger partial charge in [-0.3, -0.25) is 4.90 Å². The van der Waals surface area contributed by atoms with Crippen LogP contribution in [0.1, 0.15) is 26.3 Å². The number of benzene rings is 2. The van der Waals surface area contributed by atoms with Crippen molar-refractivity contribution in [1.82, 2.24) is 4.90 Å². The second-order valence-corrected chi connectivity index (χ2v) is 6.79. The summed E-state index contributed by atoms with van der Waals surface area (Å²) < 4.78 is 5.28. The summed E-state index contributed by atoms with van der Waals surface area (Å²) in [7, 11) is 1.46. The molecule has 0 spiro atoms. The molecule has 5 nitrogen and oxygen atoms in total. The van der Waals surface area contributed by atoms with E-state index in [9.17, 15) is 14.7 Å². The minimum Gasteiger partial charge on any atom is -0.480 e. The Morgan fingerprint density at radius 3 is 2.38 bits per heavy atom. The van der Waals surface area contributed by atoms with Crippen LogP contribution in [0.5, 0.6) is 0 Å². The Kier molecular flexibility index (Phi) is 5.12. The van der Waals surface area contributed by atoms with Crippen LogP contribution in [0.15, 0.2) is 42.5 Å². The third kappa shape index (κ3) is 4.25. The zero-order chi connectivity index (χ0) is 17.9. The number of carboxylic acid groups (broad SMARTS) is 1. The average molecular weight is 329 g/mol. The molecule has 0 heterocycles. The predicted molar refractivity (Wildman–Crippen MR) is 93.1 cm³/mol. The van der Waals surface area contributed by atoms with Crippen LogP contribution in [0.3, 0.4) is 0 Å². The highest BCUT2D eigenvalue weighted by Gasteiger charge is 2.30. The third-order valence-electron chi connectivity index (χ3n) is 3.73. The molecule has 2 aromatic rings. The van der Waals surface area contributed by atoms with Gasteiger partial charge in [-0.05, 0) is 37.1 Å². The van der Waals surface area contributed by atoms with E-state index in [1.165, 1.54) is 7.05 Å². The van der Waals surface area contributed by atoms with Crippen LogP contribution >= 0.6 is 0 Å². The van der Waals surface area contributed by atoms with Gasteiger partial charge in [0.15, 0.2) is 0 Å². The lowest BCUT2D eigenvalue weighted by Gasteiger charge is -2.28. The van der Waals surface area contributed by atoms with Crippen LogP contribution in [-0.4, -0.2) is 40.8 Å². The van der Waals surface area contributed by atoms with Crippen molar-refractivity contribution >= 4 is 22.8 Å². The maximum absolute atomic E-state index is 12.2. The van der Waals surface area contributed by atoms with Gasteiger partial charge in [-0.25, -0.2) is 9.59 Å². The van der Waals surface area contributed by atoms with Gasteiger partial charge in [-0.2, -0.15) is 0 Å². The first-order chi connectivity index (χ1) is 11.2. The van der Waals surface area contributed by atoms with Crippen molar-refractivity contribution in [2.75, 3.05) is 7.05 Å². The SMILES string of the molecule is CN(C(=O)OC(C)(C)C)[C@@H](Cc1cccc2ccccc12)C(=O)O. The topological polar surface area (TPSA) is 66.8 Å². The highest BCUT2D eigenvalue weighted by molar-refractivity contribution is 5.87. The van der Waals surface area contributed by atoms with Gasteiger partial charge in [-0.1, -0.05) is 42.5 Å². The molecule has 0 saturated carbocycles. The lowest BCUT2D eigenvalue weighted by atomic mass is 9.98. The molecule has 0 unspecified atom stereocenters. The maximum Gasteiger partial charge on any atom is 0.410 e. The molecule has 0 aliphatic heterocycles. The number of fused-ring (bicyclic) bond motifs is 1. The summed E-state index contributed by atoms with van der Waals surface area (Å²) in [6.07, 6.45) is -0.429. The number of hydrogen-bond donors (Lipinski definition) is 1. The fourth-order valence-corrected chi connectivity index (χ4v) is 2.53. The summed E-state index contributed by atoms with van der Waals surface area (Å²) in [4.78, 5) is 25.0. The number of amides is 1. The van der Waals surface area contributed by atoms with Gasteiger partial charge in [0.1, 0.15) is 11.6 Å². The second kappa shape index (κ2) is 6.91. The number of likely N-dealkylation sites (N-methyl/N-ethyl adjacent to an activating group) is 1. The monoisotopic (exact) mass is 329 g/mol. The van der Waals surface area contributed by atoms with E-state index in [1.807, 2.05) is 42.5 Å². The second-order valence-electron chi connectivity index (χ2n) is 6.79. The third-order valence-corrected chi connectivity index (χ3v) is 3.73. The van der Waals surface area contributed by atoms with Crippen LogP contribution < -0.4 is 0 Å². The molecule has 0 aromatic heterocycles. The largest absolute Gasteiger partial charge is 0.480 e. The molecule has 0 saturated heterocycles. The highest BCUT2D eigenvalue weighted by atomic mass is 16.6. The summed E-state index contributed by atoms with van der Waals surface area (Å²) >= 11 is 0. The van der Waals surface area contributed by atoms with Crippen LogP contribution in [-0.2, 0) is 16.0 Å². The molecule has 1 amide bonds. The number of hydrogen-bond acceptors (Lipinski definition) is 3. The predicted octanol–water partition coefficient (Wildman–Crippen LogP) is 3.70. The number of nitrogens with zero attached hydrogens (tertiary/aromatic N) is 1. The van der Waals surface area contributed by atoms with E-state index >= 15 is 0 Å². The summed E-state index contributed by atoms with van der Waals surface area (Å²) in [5.41, 5.74) is 0.212. The van der Waals surface area contributed by atoms with Gasteiger partial charge in [0.25, 0.3) is 0 Å². The van der Waals surface area contributed by atoms with E-state index < -0.39 is 23.7 Å². The molecule has 1 N–H and O–H groups in total. The van der Waals surface area contributed by atoms with Gasteiger partial charge in [0.2, 0.25) is 0 Å². The first-order valence-electron chi connectivity index (χ1n) is 7.84. The van der Waals surface area contributed by atoms with Crippen LogP contribution in [0.25, 0.3) is 10.8 Å². The molecule has 128 valence electrons. The Bertz CT molecular complexity index is 743. The Labute approximate surface area is 141 Å². The molecule has 0 aliphatic carbocycles. The van der Waals surface area contributed by atoms with Gasteiger partial charge in [0.05, 0.1) is 0 Å². The van der Waals surface area contributed by atoms with Crippen molar-refractivity contribution in [2.45, 2.75) is 38.8 Å². The van der Waals surface area contributed by atoms with Crippen molar-refractivity contribution in [3.63, 3.8) is 0 Å². The highest BCUT2D eigenvalue weighted by Crippen LogP contribution is 2.21. The Balaban J connectivity index is 2.28. The van der Waals surface area contributed by atoms with Crippen LogP contribution in [0.4, 0.5) is 4.79 Å². The normalized spacial score (nSPS) is 12.7. The first-order valence-corrected chi connectivity index (χ1v) is 7.84.